The molecule has 1 atom stereocenters. The van der Waals surface area contributed by atoms with Gasteiger partial charge in [0.1, 0.15) is 11.4 Å². The van der Waals surface area contributed by atoms with Gasteiger partial charge < -0.3 is 10.1 Å². The van der Waals surface area contributed by atoms with Crippen LogP contribution in [-0.2, 0) is 6.54 Å². The van der Waals surface area contributed by atoms with Crippen molar-refractivity contribution in [3.8, 4) is 5.75 Å². The van der Waals surface area contributed by atoms with Crippen molar-refractivity contribution in [2.75, 3.05) is 0 Å². The van der Waals surface area contributed by atoms with E-state index in [1.807, 2.05) is 6.07 Å². The predicted molar refractivity (Wildman–Crippen MR) is 103 cm³/mol. The molecule has 3 heteroatoms. The summed E-state index contributed by atoms with van der Waals surface area (Å²) in [4.78, 5) is 0. The van der Waals surface area contributed by atoms with E-state index in [9.17, 15) is 0 Å². The Kier molecular flexibility index (Phi) is 4.75. The van der Waals surface area contributed by atoms with Crippen molar-refractivity contribution >= 4 is 11.6 Å². The van der Waals surface area contributed by atoms with Gasteiger partial charge in [0.25, 0.3) is 0 Å². The summed E-state index contributed by atoms with van der Waals surface area (Å²) in [6, 6.07) is 15.0. The van der Waals surface area contributed by atoms with Crippen LogP contribution < -0.4 is 10.1 Å². The van der Waals surface area contributed by atoms with Gasteiger partial charge >= 0.3 is 0 Å². The number of halogens is 1. The van der Waals surface area contributed by atoms with Gasteiger partial charge in [0.15, 0.2) is 0 Å². The summed E-state index contributed by atoms with van der Waals surface area (Å²) in [5, 5.41) is 4.58. The summed E-state index contributed by atoms with van der Waals surface area (Å²) in [5.41, 5.74) is 3.68. The molecular formula is C22H26ClNO. The zero-order valence-corrected chi connectivity index (χ0v) is 15.6. The van der Waals surface area contributed by atoms with E-state index >= 15 is 0 Å². The molecule has 1 heterocycles. The third-order valence-corrected chi connectivity index (χ3v) is 5.92. The fraction of sp³-hybridized carbons (Fsp3) is 0.455. The van der Waals surface area contributed by atoms with Gasteiger partial charge in [-0.25, -0.2) is 0 Å². The van der Waals surface area contributed by atoms with Gasteiger partial charge in [0.05, 0.1) is 0 Å². The van der Waals surface area contributed by atoms with Crippen molar-refractivity contribution < 1.29 is 4.74 Å². The molecule has 1 aliphatic carbocycles. The molecule has 25 heavy (non-hydrogen) atoms. The highest BCUT2D eigenvalue weighted by Crippen LogP contribution is 2.48. The highest BCUT2D eigenvalue weighted by atomic mass is 35.5. The van der Waals surface area contributed by atoms with E-state index in [2.05, 4.69) is 48.6 Å². The molecule has 0 saturated heterocycles. The Hall–Kier alpha value is -1.51. The van der Waals surface area contributed by atoms with E-state index in [1.54, 1.807) is 0 Å². The van der Waals surface area contributed by atoms with Crippen LogP contribution in [0.3, 0.4) is 0 Å². The fourth-order valence-electron chi connectivity index (χ4n) is 4.42. The molecular weight excluding hydrogens is 330 g/mol. The minimum absolute atomic E-state index is 0.00179. The highest BCUT2D eigenvalue weighted by molar-refractivity contribution is 6.30. The Bertz CT molecular complexity index is 737. The predicted octanol–water partition coefficient (Wildman–Crippen LogP) is 5.96. The average molecular weight is 356 g/mol. The summed E-state index contributed by atoms with van der Waals surface area (Å²) in [6.45, 7) is 2.98. The van der Waals surface area contributed by atoms with Gasteiger partial charge in [-0.3, -0.25) is 0 Å². The van der Waals surface area contributed by atoms with E-state index in [-0.39, 0.29) is 5.60 Å². The first-order valence-corrected chi connectivity index (χ1v) is 9.79. The van der Waals surface area contributed by atoms with Gasteiger partial charge in [-0.05, 0) is 55.9 Å². The molecule has 1 aliphatic heterocycles. The van der Waals surface area contributed by atoms with Gasteiger partial charge in [0.2, 0.25) is 0 Å². The quantitative estimate of drug-likeness (QED) is 0.732. The van der Waals surface area contributed by atoms with E-state index in [4.69, 9.17) is 16.3 Å². The number of fused-ring (bicyclic) bond motifs is 1. The first kappa shape index (κ1) is 16.9. The second-order valence-corrected chi connectivity index (χ2v) is 8.05. The third kappa shape index (κ3) is 3.56. The number of nitrogens with one attached hydrogen (secondary N) is 1. The maximum atomic E-state index is 6.63. The zero-order chi connectivity index (χ0) is 17.3. The maximum Gasteiger partial charge on any atom is 0.127 e. The first-order valence-electron chi connectivity index (χ1n) is 9.42. The van der Waals surface area contributed by atoms with E-state index in [1.165, 1.54) is 30.4 Å². The smallest absolute Gasteiger partial charge is 0.127 e. The summed E-state index contributed by atoms with van der Waals surface area (Å²) in [7, 11) is 0. The Balaban J connectivity index is 1.64. The van der Waals surface area contributed by atoms with E-state index in [0.29, 0.717) is 6.04 Å². The monoisotopic (exact) mass is 355 g/mol. The maximum absolute atomic E-state index is 6.63. The van der Waals surface area contributed by atoms with Crippen molar-refractivity contribution in [3.05, 3.63) is 64.2 Å². The van der Waals surface area contributed by atoms with Gasteiger partial charge in [0, 0.05) is 29.6 Å². The molecule has 2 aromatic carbocycles. The van der Waals surface area contributed by atoms with Gasteiger partial charge in [-0.1, -0.05) is 48.4 Å². The summed E-state index contributed by atoms with van der Waals surface area (Å²) in [5.74, 6) is 1.06. The molecule has 2 aromatic rings. The van der Waals surface area contributed by atoms with Crippen LogP contribution in [0.4, 0.5) is 0 Å². The second-order valence-electron chi connectivity index (χ2n) is 7.61. The van der Waals surface area contributed by atoms with Crippen LogP contribution in [0.1, 0.15) is 61.3 Å². The molecule has 132 valence electrons. The summed E-state index contributed by atoms with van der Waals surface area (Å²) in [6.07, 6.45) is 7.24. The first-order chi connectivity index (χ1) is 12.2. The largest absolute Gasteiger partial charge is 0.487 e. The summed E-state index contributed by atoms with van der Waals surface area (Å²) < 4.78 is 6.63. The van der Waals surface area contributed by atoms with Crippen LogP contribution in [0.2, 0.25) is 5.02 Å². The minimum Gasteiger partial charge on any atom is -0.487 e. The van der Waals surface area contributed by atoms with Crippen LogP contribution in [0.5, 0.6) is 5.75 Å². The molecule has 0 radical (unpaired) electrons. The molecule has 1 spiro atoms. The molecule has 1 unspecified atom stereocenters. The molecule has 0 bridgehead atoms. The minimum atomic E-state index is -0.00179. The molecule has 0 amide bonds. The standard InChI is InChI=1S/C22H26ClNO/c1-16-12-18(23)13-19-20(24-15-17-8-4-2-5-9-17)14-22(25-21(16)19)10-6-3-7-11-22/h2,4-5,8-9,12-13,20,24H,3,6-7,10-11,14-15H2,1H3. The highest BCUT2D eigenvalue weighted by Gasteiger charge is 2.42. The summed E-state index contributed by atoms with van der Waals surface area (Å²) >= 11 is 6.36. The number of hydrogen-bond acceptors (Lipinski definition) is 2. The van der Waals surface area contributed by atoms with Crippen LogP contribution in [0.25, 0.3) is 0 Å². The number of aryl methyl sites for hydroxylation is 1. The number of benzene rings is 2. The molecule has 1 fully saturated rings. The molecule has 4 rings (SSSR count). The Morgan fingerprint density at radius 1 is 1.12 bits per heavy atom. The second kappa shape index (κ2) is 7.01. The van der Waals surface area contributed by atoms with Crippen molar-refractivity contribution in [2.24, 2.45) is 0 Å². The Labute approximate surface area is 155 Å². The Morgan fingerprint density at radius 2 is 1.88 bits per heavy atom. The number of hydrogen-bond donors (Lipinski definition) is 1. The van der Waals surface area contributed by atoms with Gasteiger partial charge in [-0.2, -0.15) is 0 Å². The number of rotatable bonds is 3. The van der Waals surface area contributed by atoms with Crippen molar-refractivity contribution in [3.63, 3.8) is 0 Å². The average Bonchev–Trinajstić information content (AvgIpc) is 2.62. The molecule has 1 saturated carbocycles. The van der Waals surface area contributed by atoms with Gasteiger partial charge in [-0.15, -0.1) is 0 Å². The lowest BCUT2D eigenvalue weighted by Gasteiger charge is -2.45. The molecule has 0 aromatic heterocycles. The van der Waals surface area contributed by atoms with Crippen molar-refractivity contribution in [2.45, 2.75) is 63.6 Å². The van der Waals surface area contributed by atoms with Crippen LogP contribution >= 0.6 is 11.6 Å². The van der Waals surface area contributed by atoms with E-state index in [0.717, 1.165) is 42.1 Å². The van der Waals surface area contributed by atoms with Crippen LogP contribution in [-0.4, -0.2) is 5.60 Å². The third-order valence-electron chi connectivity index (χ3n) is 5.70. The van der Waals surface area contributed by atoms with Crippen molar-refractivity contribution in [1.82, 2.24) is 5.32 Å². The molecule has 2 aliphatic rings. The lowest BCUT2D eigenvalue weighted by molar-refractivity contribution is -0.00354. The Morgan fingerprint density at radius 3 is 2.64 bits per heavy atom. The lowest BCUT2D eigenvalue weighted by Crippen LogP contribution is -2.45. The lowest BCUT2D eigenvalue weighted by atomic mass is 9.76. The van der Waals surface area contributed by atoms with E-state index < -0.39 is 0 Å². The van der Waals surface area contributed by atoms with Crippen LogP contribution in [0.15, 0.2) is 42.5 Å². The fourth-order valence-corrected chi connectivity index (χ4v) is 4.70. The zero-order valence-electron chi connectivity index (χ0n) is 14.9. The van der Waals surface area contributed by atoms with Crippen LogP contribution in [0, 0.1) is 6.92 Å². The molecule has 2 nitrogen and oxygen atoms in total. The normalized spacial score (nSPS) is 21.6. The topological polar surface area (TPSA) is 21.3 Å². The number of ether oxygens (including phenoxy) is 1. The van der Waals surface area contributed by atoms with Crippen molar-refractivity contribution in [1.29, 1.82) is 0 Å². The SMILES string of the molecule is Cc1cc(Cl)cc2c1OC1(CCCCC1)CC2NCc1ccccc1. The molecule has 1 N–H and O–H groups in total.